The maximum Gasteiger partial charge on any atom is 0.309 e. The zero-order valence-electron chi connectivity index (χ0n) is 11.4. The van der Waals surface area contributed by atoms with E-state index in [0.717, 1.165) is 35.7 Å². The molecule has 0 bridgehead atoms. The first-order valence-electron chi connectivity index (χ1n) is 6.31. The zero-order chi connectivity index (χ0) is 13.9. The number of hydrogen-bond donors (Lipinski definition) is 1. The van der Waals surface area contributed by atoms with Gasteiger partial charge in [-0.2, -0.15) is 11.8 Å². The summed E-state index contributed by atoms with van der Waals surface area (Å²) in [6.07, 6.45) is 2.25. The maximum absolute atomic E-state index is 11.3. The van der Waals surface area contributed by atoms with Gasteiger partial charge < -0.3 is 10.1 Å². The van der Waals surface area contributed by atoms with Crippen molar-refractivity contribution in [2.24, 2.45) is 0 Å². The Bertz CT molecular complexity index is 407. The minimum atomic E-state index is -0.200. The standard InChI is InChI=1S/C15H21NO2S/c1-3-9-19-10-8-16-12-14-7-5-4-6-13(14)11-15(17)18-2/h3-7,16H,1,8-12H2,2H3. The highest BCUT2D eigenvalue weighted by molar-refractivity contribution is 7.99. The van der Waals surface area contributed by atoms with Crippen LogP contribution in [-0.4, -0.2) is 31.1 Å². The van der Waals surface area contributed by atoms with Gasteiger partial charge in [-0.25, -0.2) is 0 Å². The lowest BCUT2D eigenvalue weighted by molar-refractivity contribution is -0.139. The summed E-state index contributed by atoms with van der Waals surface area (Å²) in [6, 6.07) is 7.95. The Morgan fingerprint density at radius 1 is 1.42 bits per heavy atom. The average molecular weight is 279 g/mol. The molecule has 0 aliphatic carbocycles. The molecule has 3 nitrogen and oxygen atoms in total. The molecule has 0 aromatic heterocycles. The highest BCUT2D eigenvalue weighted by Crippen LogP contribution is 2.10. The summed E-state index contributed by atoms with van der Waals surface area (Å²) in [7, 11) is 1.42. The van der Waals surface area contributed by atoms with Crippen molar-refractivity contribution in [2.75, 3.05) is 25.2 Å². The third kappa shape index (κ3) is 6.45. The molecule has 0 aliphatic rings. The molecule has 0 amide bonds. The zero-order valence-corrected chi connectivity index (χ0v) is 12.2. The van der Waals surface area contributed by atoms with Crippen LogP contribution >= 0.6 is 11.8 Å². The Balaban J connectivity index is 2.40. The molecule has 0 spiro atoms. The Morgan fingerprint density at radius 2 is 2.16 bits per heavy atom. The number of methoxy groups -OCH3 is 1. The highest BCUT2D eigenvalue weighted by Gasteiger charge is 2.07. The number of benzene rings is 1. The van der Waals surface area contributed by atoms with Crippen LogP contribution in [-0.2, 0) is 22.5 Å². The molecule has 0 saturated carbocycles. The average Bonchev–Trinajstić information content (AvgIpc) is 2.44. The second-order valence-corrected chi connectivity index (χ2v) is 5.21. The summed E-state index contributed by atoms with van der Waals surface area (Å²) in [6.45, 7) is 5.42. The van der Waals surface area contributed by atoms with Crippen LogP contribution in [0.4, 0.5) is 0 Å². The number of rotatable bonds is 9. The quantitative estimate of drug-likeness (QED) is 0.428. The first-order chi connectivity index (χ1) is 9.27. The van der Waals surface area contributed by atoms with Crippen molar-refractivity contribution in [3.63, 3.8) is 0 Å². The summed E-state index contributed by atoms with van der Waals surface area (Å²) < 4.78 is 4.71. The monoisotopic (exact) mass is 279 g/mol. The van der Waals surface area contributed by atoms with E-state index in [1.54, 1.807) is 0 Å². The van der Waals surface area contributed by atoms with Crippen molar-refractivity contribution in [1.29, 1.82) is 0 Å². The minimum Gasteiger partial charge on any atom is -0.469 e. The van der Waals surface area contributed by atoms with Gasteiger partial charge in [-0.1, -0.05) is 30.3 Å². The van der Waals surface area contributed by atoms with E-state index in [-0.39, 0.29) is 5.97 Å². The first-order valence-corrected chi connectivity index (χ1v) is 7.46. The van der Waals surface area contributed by atoms with Crippen molar-refractivity contribution < 1.29 is 9.53 Å². The van der Waals surface area contributed by atoms with E-state index >= 15 is 0 Å². The summed E-state index contributed by atoms with van der Waals surface area (Å²) in [5, 5.41) is 3.38. The molecule has 1 aromatic carbocycles. The number of hydrogen-bond acceptors (Lipinski definition) is 4. The molecule has 19 heavy (non-hydrogen) atoms. The number of thioether (sulfide) groups is 1. The normalized spacial score (nSPS) is 10.2. The third-order valence-corrected chi connectivity index (χ3v) is 3.62. The predicted octanol–water partition coefficient (Wildman–Crippen LogP) is 2.41. The summed E-state index contributed by atoms with van der Waals surface area (Å²) in [5.74, 6) is 1.85. The minimum absolute atomic E-state index is 0.200. The van der Waals surface area contributed by atoms with E-state index in [1.807, 2.05) is 42.1 Å². The van der Waals surface area contributed by atoms with Gasteiger partial charge >= 0.3 is 5.97 Å². The van der Waals surface area contributed by atoms with Crippen LogP contribution in [0.15, 0.2) is 36.9 Å². The van der Waals surface area contributed by atoms with E-state index in [0.29, 0.717) is 6.42 Å². The van der Waals surface area contributed by atoms with Crippen molar-refractivity contribution in [3.05, 3.63) is 48.0 Å². The molecule has 1 N–H and O–H groups in total. The van der Waals surface area contributed by atoms with Crippen LogP contribution in [0, 0.1) is 0 Å². The third-order valence-electron chi connectivity index (χ3n) is 2.66. The van der Waals surface area contributed by atoms with Gasteiger partial charge in [0.1, 0.15) is 0 Å². The van der Waals surface area contributed by atoms with E-state index in [9.17, 15) is 4.79 Å². The predicted molar refractivity (Wildman–Crippen MR) is 81.4 cm³/mol. The van der Waals surface area contributed by atoms with Gasteiger partial charge in [0.25, 0.3) is 0 Å². The topological polar surface area (TPSA) is 38.3 Å². The van der Waals surface area contributed by atoms with Gasteiger partial charge in [-0.3, -0.25) is 4.79 Å². The molecule has 1 aromatic rings. The van der Waals surface area contributed by atoms with E-state index < -0.39 is 0 Å². The Hall–Kier alpha value is -1.26. The smallest absolute Gasteiger partial charge is 0.309 e. The Labute approximate surface area is 119 Å². The summed E-state index contributed by atoms with van der Waals surface area (Å²) >= 11 is 1.85. The van der Waals surface area contributed by atoms with E-state index in [2.05, 4.69) is 11.9 Å². The lowest BCUT2D eigenvalue weighted by Crippen LogP contribution is -2.18. The molecule has 4 heteroatoms. The molecule has 0 atom stereocenters. The van der Waals surface area contributed by atoms with Crippen LogP contribution in [0.3, 0.4) is 0 Å². The van der Waals surface area contributed by atoms with Crippen LogP contribution in [0.25, 0.3) is 0 Å². The summed E-state index contributed by atoms with van der Waals surface area (Å²) in [4.78, 5) is 11.3. The second-order valence-electron chi connectivity index (χ2n) is 4.06. The lowest BCUT2D eigenvalue weighted by Gasteiger charge is -2.09. The maximum atomic E-state index is 11.3. The Kier molecular flexibility index (Phi) is 8.02. The molecule has 0 heterocycles. The molecule has 1 rings (SSSR count). The van der Waals surface area contributed by atoms with Gasteiger partial charge in [0.05, 0.1) is 13.5 Å². The van der Waals surface area contributed by atoms with Gasteiger partial charge in [0.2, 0.25) is 0 Å². The van der Waals surface area contributed by atoms with Crippen molar-refractivity contribution in [3.8, 4) is 0 Å². The van der Waals surface area contributed by atoms with E-state index in [4.69, 9.17) is 4.74 Å². The molecular weight excluding hydrogens is 258 g/mol. The van der Waals surface area contributed by atoms with Crippen LogP contribution in [0.1, 0.15) is 11.1 Å². The van der Waals surface area contributed by atoms with Crippen molar-refractivity contribution in [1.82, 2.24) is 5.32 Å². The largest absolute Gasteiger partial charge is 0.469 e. The fourth-order valence-corrected chi connectivity index (χ4v) is 2.29. The number of carbonyl (C=O) groups excluding carboxylic acids is 1. The number of nitrogens with one attached hydrogen (secondary N) is 1. The lowest BCUT2D eigenvalue weighted by atomic mass is 10.0. The molecular formula is C15H21NO2S. The molecule has 0 fully saturated rings. The van der Waals surface area contributed by atoms with Crippen LogP contribution in [0.5, 0.6) is 0 Å². The van der Waals surface area contributed by atoms with Crippen molar-refractivity contribution >= 4 is 17.7 Å². The first kappa shape index (κ1) is 15.8. The second kappa shape index (κ2) is 9.64. The molecule has 0 unspecified atom stereocenters. The van der Waals surface area contributed by atoms with Gasteiger partial charge in [-0.05, 0) is 11.1 Å². The van der Waals surface area contributed by atoms with Gasteiger partial charge in [-0.15, -0.1) is 6.58 Å². The molecule has 0 saturated heterocycles. The Morgan fingerprint density at radius 3 is 2.84 bits per heavy atom. The highest BCUT2D eigenvalue weighted by atomic mass is 32.2. The fraction of sp³-hybridized carbons (Fsp3) is 0.400. The molecule has 0 radical (unpaired) electrons. The van der Waals surface area contributed by atoms with E-state index in [1.165, 1.54) is 7.11 Å². The fourth-order valence-electron chi connectivity index (χ4n) is 1.66. The molecule has 104 valence electrons. The van der Waals surface area contributed by atoms with Crippen LogP contribution < -0.4 is 5.32 Å². The SMILES string of the molecule is C=CCSCCNCc1ccccc1CC(=O)OC. The van der Waals surface area contributed by atoms with Gasteiger partial charge in [0, 0.05) is 24.6 Å². The summed E-state index contributed by atoms with van der Waals surface area (Å²) in [5.41, 5.74) is 2.18. The molecule has 0 aliphatic heterocycles. The van der Waals surface area contributed by atoms with Crippen molar-refractivity contribution in [2.45, 2.75) is 13.0 Å². The number of carbonyl (C=O) groups is 1. The number of esters is 1. The van der Waals surface area contributed by atoms with Crippen LogP contribution in [0.2, 0.25) is 0 Å². The van der Waals surface area contributed by atoms with Gasteiger partial charge in [0.15, 0.2) is 0 Å². The number of ether oxygens (including phenoxy) is 1.